The van der Waals surface area contributed by atoms with Gasteiger partial charge in [0.25, 0.3) is 0 Å². The third kappa shape index (κ3) is 3.03. The Balaban J connectivity index is 2.19. The largest absolute Gasteiger partial charge is 0.430 e. The van der Waals surface area contributed by atoms with Gasteiger partial charge in [-0.1, -0.05) is 29.8 Å². The van der Waals surface area contributed by atoms with Crippen LogP contribution in [-0.4, -0.2) is 17.5 Å². The summed E-state index contributed by atoms with van der Waals surface area (Å²) in [6, 6.07) is 6.92. The molecule has 102 valence electrons. The van der Waals surface area contributed by atoms with Crippen LogP contribution in [0.15, 0.2) is 42.2 Å². The molecule has 1 atom stereocenters. The maximum atomic E-state index is 11.9. The Morgan fingerprint density at radius 1 is 1.30 bits per heavy atom. The molecule has 4 nitrogen and oxygen atoms in total. The highest BCUT2D eigenvalue weighted by atomic mass is 35.5. The van der Waals surface area contributed by atoms with E-state index in [4.69, 9.17) is 16.3 Å². The van der Waals surface area contributed by atoms with Gasteiger partial charge in [-0.05, 0) is 30.7 Å². The highest BCUT2D eigenvalue weighted by Crippen LogP contribution is 2.19. The Morgan fingerprint density at radius 2 is 2.00 bits per heavy atom. The number of hydrogen-bond acceptors (Lipinski definition) is 4. The van der Waals surface area contributed by atoms with E-state index in [9.17, 15) is 14.4 Å². The molecule has 5 heteroatoms. The van der Waals surface area contributed by atoms with Crippen LogP contribution >= 0.6 is 11.6 Å². The monoisotopic (exact) mass is 290 g/mol. The van der Waals surface area contributed by atoms with E-state index in [0.717, 1.165) is 6.08 Å². The lowest BCUT2D eigenvalue weighted by Crippen LogP contribution is -2.34. The van der Waals surface area contributed by atoms with Crippen LogP contribution < -0.4 is 0 Å². The second-order valence-electron chi connectivity index (χ2n) is 4.27. The van der Waals surface area contributed by atoms with Gasteiger partial charge in [0.15, 0.2) is 17.5 Å². The summed E-state index contributed by atoms with van der Waals surface area (Å²) in [5, 5.41) is 0.477. The molecule has 0 N–H and O–H groups in total. The van der Waals surface area contributed by atoms with E-state index in [1.54, 1.807) is 24.3 Å². The summed E-state index contributed by atoms with van der Waals surface area (Å²) in [6.07, 6.45) is 3.78. The molecule has 20 heavy (non-hydrogen) atoms. The molecule has 0 spiro atoms. The van der Waals surface area contributed by atoms with Crippen molar-refractivity contribution < 1.29 is 19.1 Å². The average molecular weight is 291 g/mol. The van der Waals surface area contributed by atoms with Crippen molar-refractivity contribution in [1.29, 1.82) is 0 Å². The topological polar surface area (TPSA) is 60.4 Å². The van der Waals surface area contributed by atoms with Crippen molar-refractivity contribution in [2.45, 2.75) is 6.92 Å². The summed E-state index contributed by atoms with van der Waals surface area (Å²) in [4.78, 5) is 35.2. The van der Waals surface area contributed by atoms with Crippen LogP contribution in [0, 0.1) is 5.92 Å². The van der Waals surface area contributed by atoms with E-state index in [2.05, 4.69) is 0 Å². The van der Waals surface area contributed by atoms with Gasteiger partial charge in [-0.15, -0.1) is 0 Å². The molecule has 2 rings (SSSR count). The average Bonchev–Trinajstić information content (AvgIpc) is 2.36. The summed E-state index contributed by atoms with van der Waals surface area (Å²) >= 11 is 5.94. The van der Waals surface area contributed by atoms with Crippen molar-refractivity contribution in [1.82, 2.24) is 0 Å². The second kappa shape index (κ2) is 5.84. The van der Waals surface area contributed by atoms with E-state index < -0.39 is 23.5 Å². The number of allylic oxidation sites excluding steroid dienone is 3. The lowest BCUT2D eigenvalue weighted by atomic mass is 9.96. The predicted molar refractivity (Wildman–Crippen MR) is 73.8 cm³/mol. The Hall–Kier alpha value is -2.20. The summed E-state index contributed by atoms with van der Waals surface area (Å²) in [5.41, 5.74) is 0.630. The normalized spacial score (nSPS) is 18.9. The Labute approximate surface area is 120 Å². The van der Waals surface area contributed by atoms with E-state index in [1.807, 2.05) is 0 Å². The summed E-state index contributed by atoms with van der Waals surface area (Å²) in [7, 11) is 0. The third-order valence-corrected chi connectivity index (χ3v) is 3.09. The van der Waals surface area contributed by atoms with Gasteiger partial charge in [0.05, 0.1) is 0 Å². The van der Waals surface area contributed by atoms with Crippen LogP contribution in [0.3, 0.4) is 0 Å². The number of benzene rings is 1. The molecule has 0 amide bonds. The van der Waals surface area contributed by atoms with Crippen LogP contribution in [0.5, 0.6) is 0 Å². The minimum Gasteiger partial charge on any atom is -0.430 e. The molecule has 1 aromatic carbocycles. The molecule has 0 aliphatic carbocycles. The molecule has 0 radical (unpaired) electrons. The van der Waals surface area contributed by atoms with Crippen LogP contribution in [0.2, 0.25) is 5.02 Å². The number of carbonyl (C=O) groups is 3. The van der Waals surface area contributed by atoms with Crippen molar-refractivity contribution >= 4 is 35.2 Å². The number of carbonyl (C=O) groups excluding carboxylic acids is 3. The van der Waals surface area contributed by atoms with Crippen molar-refractivity contribution in [2.75, 3.05) is 0 Å². The SMILES string of the molecule is CC1=CC(=O)C(C(=O)C=Cc2ccccc2Cl)C(=O)O1. The van der Waals surface area contributed by atoms with Crippen LogP contribution in [0.25, 0.3) is 6.08 Å². The first-order valence-corrected chi connectivity index (χ1v) is 6.27. The molecule has 0 saturated heterocycles. The predicted octanol–water partition coefficient (Wildman–Crippen LogP) is 2.57. The van der Waals surface area contributed by atoms with E-state index in [-0.39, 0.29) is 5.76 Å². The van der Waals surface area contributed by atoms with E-state index in [0.29, 0.717) is 10.6 Å². The minimum absolute atomic E-state index is 0.194. The van der Waals surface area contributed by atoms with Gasteiger partial charge < -0.3 is 4.74 Å². The number of esters is 1. The van der Waals surface area contributed by atoms with Crippen molar-refractivity contribution in [3.05, 3.63) is 52.8 Å². The molecule has 1 unspecified atom stereocenters. The molecule has 0 fully saturated rings. The molecule has 0 bridgehead atoms. The first-order chi connectivity index (χ1) is 9.49. The number of rotatable bonds is 3. The van der Waals surface area contributed by atoms with Gasteiger partial charge in [-0.25, -0.2) is 0 Å². The van der Waals surface area contributed by atoms with E-state index in [1.165, 1.54) is 19.1 Å². The zero-order chi connectivity index (χ0) is 14.7. The fraction of sp³-hybridized carbons (Fsp3) is 0.133. The lowest BCUT2D eigenvalue weighted by molar-refractivity contribution is -0.151. The molecule has 1 heterocycles. The zero-order valence-electron chi connectivity index (χ0n) is 10.6. The number of hydrogen-bond donors (Lipinski definition) is 0. The first kappa shape index (κ1) is 14.2. The summed E-state index contributed by atoms with van der Waals surface area (Å²) < 4.78 is 4.79. The highest BCUT2D eigenvalue weighted by Gasteiger charge is 2.36. The highest BCUT2D eigenvalue weighted by molar-refractivity contribution is 6.32. The van der Waals surface area contributed by atoms with Crippen molar-refractivity contribution in [3.63, 3.8) is 0 Å². The van der Waals surface area contributed by atoms with Gasteiger partial charge in [-0.3, -0.25) is 14.4 Å². The number of cyclic esters (lactones) is 1. The third-order valence-electron chi connectivity index (χ3n) is 2.74. The number of halogens is 1. The van der Waals surface area contributed by atoms with Crippen LogP contribution in [0.4, 0.5) is 0 Å². The fourth-order valence-corrected chi connectivity index (χ4v) is 1.98. The second-order valence-corrected chi connectivity index (χ2v) is 4.68. The first-order valence-electron chi connectivity index (χ1n) is 5.89. The summed E-state index contributed by atoms with van der Waals surface area (Å²) in [5.74, 6) is -3.25. The van der Waals surface area contributed by atoms with Crippen LogP contribution in [0.1, 0.15) is 12.5 Å². The molecule has 0 saturated carbocycles. The van der Waals surface area contributed by atoms with Gasteiger partial charge in [0.1, 0.15) is 5.76 Å². The molecular weight excluding hydrogens is 280 g/mol. The lowest BCUT2D eigenvalue weighted by Gasteiger charge is -2.15. The Bertz CT molecular complexity index is 643. The summed E-state index contributed by atoms with van der Waals surface area (Å²) in [6.45, 7) is 1.48. The quantitative estimate of drug-likeness (QED) is 0.488. The smallest absolute Gasteiger partial charge is 0.329 e. The molecule has 0 aromatic heterocycles. The molecule has 1 aliphatic rings. The van der Waals surface area contributed by atoms with Crippen LogP contribution in [-0.2, 0) is 19.1 Å². The molecule has 1 aromatic rings. The number of ketones is 2. The van der Waals surface area contributed by atoms with Gasteiger partial charge in [-0.2, -0.15) is 0 Å². The molecular formula is C15H11ClO4. The Morgan fingerprint density at radius 3 is 2.65 bits per heavy atom. The van der Waals surface area contributed by atoms with Gasteiger partial charge in [0, 0.05) is 11.1 Å². The van der Waals surface area contributed by atoms with Crippen molar-refractivity contribution in [2.24, 2.45) is 5.92 Å². The molecule has 1 aliphatic heterocycles. The fourth-order valence-electron chi connectivity index (χ4n) is 1.78. The van der Waals surface area contributed by atoms with E-state index >= 15 is 0 Å². The maximum absolute atomic E-state index is 11.9. The Kier molecular flexibility index (Phi) is 4.15. The zero-order valence-corrected chi connectivity index (χ0v) is 11.4. The number of ether oxygens (including phenoxy) is 1. The van der Waals surface area contributed by atoms with Gasteiger partial charge >= 0.3 is 5.97 Å². The maximum Gasteiger partial charge on any atom is 0.329 e. The standard InChI is InChI=1S/C15H11ClO4/c1-9-8-13(18)14(15(19)20-9)12(17)7-6-10-4-2-3-5-11(10)16/h2-8,14H,1H3. The van der Waals surface area contributed by atoms with Gasteiger partial charge in [0.2, 0.25) is 0 Å². The van der Waals surface area contributed by atoms with Crippen molar-refractivity contribution in [3.8, 4) is 0 Å². The minimum atomic E-state index is -1.42.